The Morgan fingerprint density at radius 3 is 2.05 bits per heavy atom. The highest BCUT2D eigenvalue weighted by Crippen LogP contribution is 2.14. The number of nitrogens with zero attached hydrogens (tertiary/aromatic N) is 1. The molecule has 0 aromatic rings. The summed E-state index contributed by atoms with van der Waals surface area (Å²) in [5, 5.41) is 19.7. The summed E-state index contributed by atoms with van der Waals surface area (Å²) in [5.41, 5.74) is 5.37. The first-order chi connectivity index (χ1) is 9.85. The first-order valence-corrected chi connectivity index (χ1v) is 6.54. The molecule has 0 fully saturated rings. The summed E-state index contributed by atoms with van der Waals surface area (Å²) in [6.45, 7) is 1.07. The van der Waals surface area contributed by atoms with Crippen LogP contribution in [0.15, 0.2) is 0 Å². The molecule has 0 spiro atoms. The van der Waals surface area contributed by atoms with Gasteiger partial charge in [-0.2, -0.15) is 0 Å². The predicted octanol–water partition coefficient (Wildman–Crippen LogP) is -2.64. The molecule has 0 saturated carbocycles. The van der Waals surface area contributed by atoms with E-state index in [4.69, 9.17) is 15.6 Å². The molecule has 3 atom stereocenters. The summed E-state index contributed by atoms with van der Waals surface area (Å²) in [4.78, 5) is 45.0. The summed E-state index contributed by atoms with van der Waals surface area (Å²) in [7, 11) is 5.14. The molecule has 0 aliphatic carbocycles. The lowest BCUT2D eigenvalue weighted by atomic mass is 9.97. The number of esters is 1. The van der Waals surface area contributed by atoms with Gasteiger partial charge >= 0.3 is 11.9 Å². The number of quaternary nitrogens is 1. The fourth-order valence-corrected chi connectivity index (χ4v) is 1.84. The zero-order chi connectivity index (χ0) is 17.7. The van der Waals surface area contributed by atoms with Crippen LogP contribution in [0.1, 0.15) is 13.3 Å². The molecular weight excluding hydrogens is 296 g/mol. The lowest BCUT2D eigenvalue weighted by molar-refractivity contribution is -0.873. The number of rotatable bonds is 9. The van der Waals surface area contributed by atoms with Crippen LogP contribution in [0.2, 0.25) is 0 Å². The van der Waals surface area contributed by atoms with Gasteiger partial charge in [-0.05, 0) is 6.92 Å². The molecule has 0 radical (unpaired) electrons. The van der Waals surface area contributed by atoms with Gasteiger partial charge in [-0.1, -0.05) is 0 Å². The molecular formula is C13H22N2O7. The second-order valence-corrected chi connectivity index (χ2v) is 6.06. The second-order valence-electron chi connectivity index (χ2n) is 6.06. The number of carboxylic acids is 2. The minimum atomic E-state index is -1.66. The van der Waals surface area contributed by atoms with Crippen molar-refractivity contribution in [3.63, 3.8) is 0 Å². The normalized spacial score (nSPS) is 15.5. The van der Waals surface area contributed by atoms with Crippen molar-refractivity contribution < 1.29 is 38.6 Å². The number of aliphatic carboxylic acids is 2. The number of ketones is 1. The van der Waals surface area contributed by atoms with Crippen LogP contribution in [0.4, 0.5) is 0 Å². The Kier molecular flexibility index (Phi) is 7.14. The third-order valence-corrected chi connectivity index (χ3v) is 2.76. The average Bonchev–Trinajstić information content (AvgIpc) is 2.23. The number of nitrogens with two attached hydrogens (primary N) is 1. The number of hydrogen-bond acceptors (Lipinski definition) is 7. The monoisotopic (exact) mass is 318 g/mol. The quantitative estimate of drug-likeness (QED) is 0.266. The van der Waals surface area contributed by atoms with Crippen molar-refractivity contribution in [1.82, 2.24) is 0 Å². The minimum absolute atomic E-state index is 0.0176. The van der Waals surface area contributed by atoms with E-state index in [1.165, 1.54) is 0 Å². The van der Waals surface area contributed by atoms with Gasteiger partial charge in [-0.15, -0.1) is 0 Å². The highest BCUT2D eigenvalue weighted by Gasteiger charge is 2.35. The topological polar surface area (TPSA) is 147 Å². The van der Waals surface area contributed by atoms with E-state index in [0.717, 1.165) is 6.92 Å². The van der Waals surface area contributed by atoms with Crippen molar-refractivity contribution in [3.05, 3.63) is 0 Å². The van der Waals surface area contributed by atoms with Crippen LogP contribution in [-0.2, 0) is 23.9 Å². The lowest BCUT2D eigenvalue weighted by Gasteiger charge is -2.33. The molecule has 126 valence electrons. The number of carbonyl (C=O) groups excluding carboxylic acids is 3. The lowest BCUT2D eigenvalue weighted by Crippen LogP contribution is -2.53. The Bertz CT molecular complexity index is 442. The van der Waals surface area contributed by atoms with E-state index in [1.807, 2.05) is 0 Å². The van der Waals surface area contributed by atoms with Crippen LogP contribution >= 0.6 is 0 Å². The molecule has 22 heavy (non-hydrogen) atoms. The number of carboxylic acid groups (broad SMARTS) is 2. The number of ether oxygens (including phenoxy) is 1. The summed E-state index contributed by atoms with van der Waals surface area (Å²) >= 11 is 0. The Balaban J connectivity index is 5.24. The molecule has 2 unspecified atom stereocenters. The summed E-state index contributed by atoms with van der Waals surface area (Å²) in [6, 6.07) is -1.44. The molecule has 0 saturated heterocycles. The Morgan fingerprint density at radius 1 is 1.23 bits per heavy atom. The predicted molar refractivity (Wildman–Crippen MR) is 72.2 cm³/mol. The molecule has 0 aromatic heterocycles. The Morgan fingerprint density at radius 2 is 1.73 bits per heavy atom. The Hall–Kier alpha value is -2.00. The van der Waals surface area contributed by atoms with E-state index in [1.54, 1.807) is 21.1 Å². The number of Topliss-reactive ketones (excluding diaryl/α,β-unsaturated/α-hetero) is 1. The molecule has 0 heterocycles. The molecule has 0 aromatic carbocycles. The van der Waals surface area contributed by atoms with Gasteiger partial charge in [0.2, 0.25) is 0 Å². The van der Waals surface area contributed by atoms with E-state index in [-0.39, 0.29) is 11.0 Å². The zero-order valence-corrected chi connectivity index (χ0v) is 13.1. The summed E-state index contributed by atoms with van der Waals surface area (Å²) in [6.07, 6.45) is -1.96. The molecule has 3 N–H and O–H groups in total. The number of hydrogen-bond donors (Lipinski definition) is 2. The first kappa shape index (κ1) is 20.0. The molecule has 0 amide bonds. The molecule has 0 aliphatic rings. The van der Waals surface area contributed by atoms with Crippen LogP contribution in [0.5, 0.6) is 0 Å². The average molecular weight is 318 g/mol. The third kappa shape index (κ3) is 7.14. The van der Waals surface area contributed by atoms with E-state index in [2.05, 4.69) is 0 Å². The van der Waals surface area contributed by atoms with Crippen molar-refractivity contribution in [3.8, 4) is 0 Å². The maximum Gasteiger partial charge on any atom is 0.324 e. The van der Waals surface area contributed by atoms with Crippen molar-refractivity contribution >= 4 is 23.7 Å². The smallest absolute Gasteiger partial charge is 0.324 e. The maximum absolute atomic E-state index is 11.8. The second kappa shape index (κ2) is 7.85. The highest BCUT2D eigenvalue weighted by atomic mass is 16.5. The van der Waals surface area contributed by atoms with Crippen LogP contribution in [-0.4, -0.2) is 73.1 Å². The molecule has 9 heteroatoms. The standard InChI is InChI=1S/C13H22N2O7/c1-7(16)11(12(19)20)9(6-15(2,3)4)22-13(21)8(14)5-10(17)18/h8-9,11H,5-6,14H2,1-4H3,(H-,17,18,19,20)/t8-,9?,11?/m0/s1. The highest BCUT2D eigenvalue weighted by molar-refractivity contribution is 5.97. The first-order valence-electron chi connectivity index (χ1n) is 6.54. The molecule has 0 rings (SSSR count). The van der Waals surface area contributed by atoms with E-state index < -0.39 is 48.2 Å². The van der Waals surface area contributed by atoms with Gasteiger partial charge in [0.25, 0.3) is 0 Å². The fourth-order valence-electron chi connectivity index (χ4n) is 1.84. The molecule has 9 nitrogen and oxygen atoms in total. The van der Waals surface area contributed by atoms with Crippen LogP contribution in [0.25, 0.3) is 0 Å². The third-order valence-electron chi connectivity index (χ3n) is 2.76. The van der Waals surface area contributed by atoms with Crippen LogP contribution in [0, 0.1) is 5.92 Å². The number of likely N-dealkylation sites (N-methyl/N-ethyl adjacent to an activating group) is 1. The van der Waals surface area contributed by atoms with Crippen LogP contribution in [0.3, 0.4) is 0 Å². The van der Waals surface area contributed by atoms with E-state index >= 15 is 0 Å². The molecule has 0 bridgehead atoms. The van der Waals surface area contributed by atoms with E-state index in [9.17, 15) is 24.3 Å². The van der Waals surface area contributed by atoms with Crippen molar-refractivity contribution in [1.29, 1.82) is 0 Å². The van der Waals surface area contributed by atoms with Crippen molar-refractivity contribution in [2.24, 2.45) is 11.7 Å². The van der Waals surface area contributed by atoms with Gasteiger partial charge in [0.15, 0.2) is 6.10 Å². The van der Waals surface area contributed by atoms with E-state index in [0.29, 0.717) is 0 Å². The zero-order valence-electron chi connectivity index (χ0n) is 13.1. The number of carbonyl (C=O) groups is 4. The van der Waals surface area contributed by atoms with Gasteiger partial charge < -0.3 is 30.0 Å². The van der Waals surface area contributed by atoms with Gasteiger partial charge in [0.05, 0.1) is 39.5 Å². The maximum atomic E-state index is 11.8. The summed E-state index contributed by atoms with van der Waals surface area (Å²) < 4.78 is 5.20. The van der Waals surface area contributed by atoms with Gasteiger partial charge in [-0.3, -0.25) is 14.4 Å². The Labute approximate surface area is 128 Å². The van der Waals surface area contributed by atoms with Gasteiger partial charge in [0.1, 0.15) is 18.4 Å². The van der Waals surface area contributed by atoms with Gasteiger partial charge in [0, 0.05) is 0 Å². The van der Waals surface area contributed by atoms with Gasteiger partial charge in [-0.25, -0.2) is 0 Å². The van der Waals surface area contributed by atoms with Crippen molar-refractivity contribution in [2.45, 2.75) is 25.5 Å². The van der Waals surface area contributed by atoms with Crippen molar-refractivity contribution in [2.75, 3.05) is 27.7 Å². The fraction of sp³-hybridized carbons (Fsp3) is 0.692. The summed E-state index contributed by atoms with van der Waals surface area (Å²) in [5.74, 6) is -6.40. The van der Waals surface area contributed by atoms with Crippen LogP contribution < -0.4 is 10.8 Å². The minimum Gasteiger partial charge on any atom is -0.549 e. The largest absolute Gasteiger partial charge is 0.549 e. The SMILES string of the molecule is CC(=O)C(C(=O)[O-])C(C[N+](C)(C)C)OC(=O)[C@@H](N)CC(=O)O. The molecule has 0 aliphatic heterocycles.